The average Bonchev–Trinajstić information content (AvgIpc) is 2.25. The highest BCUT2D eigenvalue weighted by Crippen LogP contribution is 2.22. The van der Waals surface area contributed by atoms with Gasteiger partial charge in [-0.05, 0) is 27.7 Å². The van der Waals surface area contributed by atoms with Crippen LogP contribution in [0.3, 0.4) is 0 Å². The van der Waals surface area contributed by atoms with Crippen LogP contribution >= 0.6 is 0 Å². The number of rotatable bonds is 0. The predicted octanol–water partition coefficient (Wildman–Crippen LogP) is 1.40. The monoisotopic (exact) mass is 178 g/mol. The van der Waals surface area contributed by atoms with Crippen LogP contribution in [-0.4, -0.2) is 9.78 Å². The van der Waals surface area contributed by atoms with E-state index in [1.165, 1.54) is 0 Å². The van der Waals surface area contributed by atoms with E-state index in [1.807, 2.05) is 26.8 Å². The summed E-state index contributed by atoms with van der Waals surface area (Å²) >= 11 is 0. The predicted molar refractivity (Wildman–Crippen MR) is 51.1 cm³/mol. The van der Waals surface area contributed by atoms with E-state index in [-0.39, 0.29) is 5.54 Å². The smallest absolute Gasteiger partial charge is 0.140 e. The standard InChI is InChI=1S/C9H14N4/c1-6-7(5-10)8(11)13(12-6)9(2,3)4/h11H2,1-4H3. The molecule has 0 aliphatic heterocycles. The highest BCUT2D eigenvalue weighted by Gasteiger charge is 2.21. The van der Waals surface area contributed by atoms with Crippen LogP contribution in [-0.2, 0) is 5.54 Å². The van der Waals surface area contributed by atoms with Gasteiger partial charge in [-0.15, -0.1) is 0 Å². The van der Waals surface area contributed by atoms with Gasteiger partial charge >= 0.3 is 0 Å². The molecule has 0 bridgehead atoms. The molecule has 0 amide bonds. The number of anilines is 1. The Kier molecular flexibility index (Phi) is 2.04. The van der Waals surface area contributed by atoms with Crippen molar-refractivity contribution in [3.63, 3.8) is 0 Å². The van der Waals surface area contributed by atoms with Crippen LogP contribution < -0.4 is 5.73 Å². The number of nitrogens with zero attached hydrogens (tertiary/aromatic N) is 3. The molecule has 0 aliphatic rings. The highest BCUT2D eigenvalue weighted by molar-refractivity contribution is 5.52. The van der Waals surface area contributed by atoms with Crippen molar-refractivity contribution < 1.29 is 0 Å². The molecule has 1 aromatic rings. The van der Waals surface area contributed by atoms with Crippen LogP contribution in [0.25, 0.3) is 0 Å². The third kappa shape index (κ3) is 1.50. The Morgan fingerprint density at radius 1 is 1.46 bits per heavy atom. The van der Waals surface area contributed by atoms with Crippen LogP contribution in [0.15, 0.2) is 0 Å². The van der Waals surface area contributed by atoms with Gasteiger partial charge in [-0.25, -0.2) is 4.68 Å². The molecule has 0 aromatic carbocycles. The largest absolute Gasteiger partial charge is 0.383 e. The number of nitrogen functional groups attached to an aromatic ring is 1. The first-order valence-electron chi connectivity index (χ1n) is 4.13. The van der Waals surface area contributed by atoms with E-state index in [9.17, 15) is 0 Å². The van der Waals surface area contributed by atoms with Gasteiger partial charge in [0.1, 0.15) is 17.5 Å². The molecule has 0 saturated carbocycles. The molecule has 0 atom stereocenters. The van der Waals surface area contributed by atoms with Crippen LogP contribution in [0, 0.1) is 18.3 Å². The first-order chi connectivity index (χ1) is 5.88. The lowest BCUT2D eigenvalue weighted by Gasteiger charge is -2.20. The summed E-state index contributed by atoms with van der Waals surface area (Å²) in [5, 5.41) is 13.0. The first kappa shape index (κ1) is 9.59. The zero-order valence-electron chi connectivity index (χ0n) is 8.42. The van der Waals surface area contributed by atoms with Gasteiger partial charge in [-0.1, -0.05) is 0 Å². The Labute approximate surface area is 78.0 Å². The number of aromatic nitrogens is 2. The molecule has 1 aromatic heterocycles. The second-order valence-corrected chi connectivity index (χ2v) is 4.04. The molecule has 1 heterocycles. The normalized spacial score (nSPS) is 11.3. The minimum absolute atomic E-state index is 0.177. The van der Waals surface area contributed by atoms with Crippen molar-refractivity contribution in [2.24, 2.45) is 0 Å². The maximum atomic E-state index is 8.79. The maximum Gasteiger partial charge on any atom is 0.140 e. The number of hydrogen-bond acceptors (Lipinski definition) is 3. The van der Waals surface area contributed by atoms with Crippen molar-refractivity contribution in [2.75, 3.05) is 5.73 Å². The molecule has 0 unspecified atom stereocenters. The zero-order chi connectivity index (χ0) is 10.2. The summed E-state index contributed by atoms with van der Waals surface area (Å²) in [5.74, 6) is 0.451. The van der Waals surface area contributed by atoms with Gasteiger partial charge in [0.25, 0.3) is 0 Å². The first-order valence-corrected chi connectivity index (χ1v) is 4.13. The Balaban J connectivity index is 3.37. The van der Waals surface area contributed by atoms with E-state index >= 15 is 0 Å². The molecule has 13 heavy (non-hydrogen) atoms. The Bertz CT molecular complexity index is 362. The van der Waals surface area contributed by atoms with Crippen molar-refractivity contribution in [1.82, 2.24) is 9.78 Å². The SMILES string of the molecule is Cc1nn(C(C)(C)C)c(N)c1C#N. The number of nitriles is 1. The van der Waals surface area contributed by atoms with E-state index in [1.54, 1.807) is 11.6 Å². The van der Waals surface area contributed by atoms with E-state index in [2.05, 4.69) is 5.10 Å². The van der Waals surface area contributed by atoms with E-state index in [0.717, 1.165) is 0 Å². The molecule has 0 saturated heterocycles. The molecular formula is C9H14N4. The molecule has 4 nitrogen and oxygen atoms in total. The summed E-state index contributed by atoms with van der Waals surface area (Å²) in [5.41, 5.74) is 6.77. The van der Waals surface area contributed by atoms with Gasteiger partial charge in [-0.2, -0.15) is 10.4 Å². The molecule has 0 fully saturated rings. The van der Waals surface area contributed by atoms with Gasteiger partial charge in [-0.3, -0.25) is 0 Å². The average molecular weight is 178 g/mol. The molecule has 0 radical (unpaired) electrons. The van der Waals surface area contributed by atoms with Crippen molar-refractivity contribution in [2.45, 2.75) is 33.2 Å². The van der Waals surface area contributed by atoms with Gasteiger partial charge in [0.05, 0.1) is 11.2 Å². The second-order valence-electron chi connectivity index (χ2n) is 4.04. The molecule has 70 valence electrons. The van der Waals surface area contributed by atoms with Gasteiger partial charge < -0.3 is 5.73 Å². The molecule has 0 spiro atoms. The van der Waals surface area contributed by atoms with Crippen molar-refractivity contribution >= 4 is 5.82 Å². The molecule has 2 N–H and O–H groups in total. The molecule has 4 heteroatoms. The van der Waals surface area contributed by atoms with Crippen LogP contribution in [0.1, 0.15) is 32.0 Å². The summed E-state index contributed by atoms with van der Waals surface area (Å²) in [7, 11) is 0. The minimum atomic E-state index is -0.177. The van der Waals surface area contributed by atoms with Crippen molar-refractivity contribution in [1.29, 1.82) is 5.26 Å². The summed E-state index contributed by atoms with van der Waals surface area (Å²) in [4.78, 5) is 0. The summed E-state index contributed by atoms with van der Waals surface area (Å²) in [6.45, 7) is 7.78. The van der Waals surface area contributed by atoms with Gasteiger partial charge in [0.15, 0.2) is 0 Å². The van der Waals surface area contributed by atoms with Crippen LogP contribution in [0.2, 0.25) is 0 Å². The summed E-state index contributed by atoms with van der Waals surface area (Å²) < 4.78 is 1.68. The number of aryl methyl sites for hydroxylation is 1. The zero-order valence-corrected chi connectivity index (χ0v) is 8.42. The second kappa shape index (κ2) is 2.77. The Morgan fingerprint density at radius 2 is 2.00 bits per heavy atom. The lowest BCUT2D eigenvalue weighted by molar-refractivity contribution is 0.360. The topological polar surface area (TPSA) is 67.6 Å². The molecule has 1 rings (SSSR count). The van der Waals surface area contributed by atoms with Crippen LogP contribution in [0.5, 0.6) is 0 Å². The quantitative estimate of drug-likeness (QED) is 0.653. The highest BCUT2D eigenvalue weighted by atomic mass is 15.3. The number of hydrogen-bond donors (Lipinski definition) is 1. The van der Waals surface area contributed by atoms with Gasteiger partial charge in [0, 0.05) is 0 Å². The minimum Gasteiger partial charge on any atom is -0.383 e. The van der Waals surface area contributed by atoms with Crippen molar-refractivity contribution in [3.8, 4) is 6.07 Å². The Hall–Kier alpha value is -1.50. The third-order valence-electron chi connectivity index (χ3n) is 1.84. The molecule has 0 aliphatic carbocycles. The van der Waals surface area contributed by atoms with E-state index < -0.39 is 0 Å². The lowest BCUT2D eigenvalue weighted by Crippen LogP contribution is -2.24. The van der Waals surface area contributed by atoms with E-state index in [4.69, 9.17) is 11.0 Å². The fourth-order valence-electron chi connectivity index (χ4n) is 1.19. The fraction of sp³-hybridized carbons (Fsp3) is 0.556. The lowest BCUT2D eigenvalue weighted by atomic mass is 10.1. The summed E-state index contributed by atoms with van der Waals surface area (Å²) in [6.07, 6.45) is 0. The van der Waals surface area contributed by atoms with Gasteiger partial charge in [0.2, 0.25) is 0 Å². The van der Waals surface area contributed by atoms with Crippen LogP contribution in [0.4, 0.5) is 5.82 Å². The Morgan fingerprint density at radius 3 is 2.23 bits per heavy atom. The third-order valence-corrected chi connectivity index (χ3v) is 1.84. The maximum absolute atomic E-state index is 8.79. The van der Waals surface area contributed by atoms with E-state index in [0.29, 0.717) is 17.1 Å². The number of nitrogens with two attached hydrogens (primary N) is 1. The van der Waals surface area contributed by atoms with Crippen molar-refractivity contribution in [3.05, 3.63) is 11.3 Å². The summed E-state index contributed by atoms with van der Waals surface area (Å²) in [6, 6.07) is 2.05. The molecular weight excluding hydrogens is 164 g/mol. The fourth-order valence-corrected chi connectivity index (χ4v) is 1.19.